The number of anilines is 1. The van der Waals surface area contributed by atoms with Gasteiger partial charge in [0.05, 0.1) is 63.0 Å². The number of hydrogen-bond acceptors (Lipinski definition) is 10. The minimum absolute atomic E-state index is 0. The van der Waals surface area contributed by atoms with Gasteiger partial charge in [0.25, 0.3) is 11.1 Å². The molecule has 2 aliphatic rings. The molecule has 230 valence electrons. The lowest BCUT2D eigenvalue weighted by molar-refractivity contribution is -0.890. The van der Waals surface area contributed by atoms with Crippen molar-refractivity contribution in [2.45, 2.75) is 30.9 Å². The molecule has 44 heavy (non-hydrogen) atoms. The van der Waals surface area contributed by atoms with Crippen LogP contribution in [0.3, 0.4) is 0 Å². The van der Waals surface area contributed by atoms with E-state index < -0.39 is 11.2 Å². The van der Waals surface area contributed by atoms with Crippen molar-refractivity contribution in [3.05, 3.63) is 64.0 Å². The average molecular weight is 732 g/mol. The number of aryl methyl sites for hydroxylation is 1. The van der Waals surface area contributed by atoms with Crippen LogP contribution in [0.1, 0.15) is 24.4 Å². The number of aromatic nitrogens is 5. The Morgan fingerprint density at radius 1 is 1.05 bits per heavy atom. The third-order valence-corrected chi connectivity index (χ3v) is 8.93. The van der Waals surface area contributed by atoms with Crippen molar-refractivity contribution < 1.29 is 46.4 Å². The molecule has 0 N–H and O–H groups in total. The summed E-state index contributed by atoms with van der Waals surface area (Å²) in [4.78, 5) is 15.8. The first kappa shape index (κ1) is 30.5. The number of nitrogens with zero attached hydrogens (tertiary/aromatic N) is 7. The SMILES string of the molecule is Cc1ccc(-c2nnc(CSc3nnc(-c4cn5c6c(c(N7CC[N+](C)(C)CC7)c(F)cc6c4=O)OC[C@@H]5C)o3)o2)cc1.[I-]. The first-order valence-electron chi connectivity index (χ1n) is 14.1. The van der Waals surface area contributed by atoms with Gasteiger partial charge in [0, 0.05) is 11.8 Å². The Morgan fingerprint density at radius 3 is 2.52 bits per heavy atom. The highest BCUT2D eigenvalue weighted by Crippen LogP contribution is 2.43. The lowest BCUT2D eigenvalue weighted by atomic mass is 10.1. The van der Waals surface area contributed by atoms with Gasteiger partial charge in [-0.15, -0.1) is 20.4 Å². The summed E-state index contributed by atoms with van der Waals surface area (Å²) in [5.41, 5.74) is 2.78. The third kappa shape index (κ3) is 5.58. The predicted molar refractivity (Wildman–Crippen MR) is 160 cm³/mol. The van der Waals surface area contributed by atoms with Gasteiger partial charge < -0.3 is 51.5 Å². The number of likely N-dealkylation sites (N-methyl/N-ethyl adjacent to an activating group) is 1. The lowest BCUT2D eigenvalue weighted by Gasteiger charge is -2.41. The number of pyridine rings is 1. The molecule has 0 saturated carbocycles. The van der Waals surface area contributed by atoms with Crippen LogP contribution in [-0.4, -0.2) is 76.3 Å². The summed E-state index contributed by atoms with van der Waals surface area (Å²) >= 11 is 1.22. The summed E-state index contributed by atoms with van der Waals surface area (Å²) in [6, 6.07) is 9.04. The molecule has 5 aromatic rings. The zero-order valence-electron chi connectivity index (χ0n) is 24.7. The molecule has 1 saturated heterocycles. The maximum absolute atomic E-state index is 15.8. The topological polar surface area (TPSA) is 112 Å². The van der Waals surface area contributed by atoms with E-state index in [-0.39, 0.29) is 52.1 Å². The average Bonchev–Trinajstić information content (AvgIpc) is 3.66. The Balaban J connectivity index is 0.00000343. The normalized spacial score (nSPS) is 17.4. The van der Waals surface area contributed by atoms with E-state index >= 15 is 4.39 Å². The number of rotatable bonds is 6. The number of hydrogen-bond donors (Lipinski definition) is 0. The third-order valence-electron chi connectivity index (χ3n) is 8.13. The number of benzene rings is 2. The Bertz CT molecular complexity index is 1900. The van der Waals surface area contributed by atoms with Gasteiger partial charge in [-0.05, 0) is 32.0 Å². The van der Waals surface area contributed by atoms with Gasteiger partial charge in [-0.25, -0.2) is 4.39 Å². The fourth-order valence-electron chi connectivity index (χ4n) is 5.51. The molecule has 0 bridgehead atoms. The van der Waals surface area contributed by atoms with Crippen LogP contribution >= 0.6 is 11.8 Å². The fourth-order valence-corrected chi connectivity index (χ4v) is 6.11. The van der Waals surface area contributed by atoms with Crippen LogP contribution < -0.4 is 39.0 Å². The molecular formula is C30H31FIN7O4S. The van der Waals surface area contributed by atoms with Crippen molar-refractivity contribution in [1.29, 1.82) is 0 Å². The van der Waals surface area contributed by atoms with E-state index in [0.29, 0.717) is 54.2 Å². The van der Waals surface area contributed by atoms with E-state index in [1.807, 2.05) is 47.6 Å². The van der Waals surface area contributed by atoms with Crippen LogP contribution in [0.4, 0.5) is 10.1 Å². The Kier molecular flexibility index (Phi) is 8.17. The smallest absolute Gasteiger partial charge is 0.277 e. The minimum atomic E-state index is -0.476. The number of thioether (sulfide) groups is 1. The van der Waals surface area contributed by atoms with E-state index in [1.165, 1.54) is 17.8 Å². The quantitative estimate of drug-likeness (QED) is 0.145. The first-order valence-corrected chi connectivity index (χ1v) is 15.1. The molecule has 0 radical (unpaired) electrons. The van der Waals surface area contributed by atoms with Crippen LogP contribution in [0.15, 0.2) is 55.4 Å². The second-order valence-electron chi connectivity index (χ2n) is 11.8. The maximum atomic E-state index is 15.8. The first-order chi connectivity index (χ1) is 20.7. The number of piperazine rings is 1. The van der Waals surface area contributed by atoms with E-state index in [0.717, 1.165) is 28.7 Å². The second kappa shape index (κ2) is 11.8. The molecular weight excluding hydrogens is 700 g/mol. The van der Waals surface area contributed by atoms with Gasteiger partial charge in [0.1, 0.15) is 17.9 Å². The lowest BCUT2D eigenvalue weighted by Crippen LogP contribution is -3.00. The van der Waals surface area contributed by atoms with Crippen LogP contribution in [-0.2, 0) is 5.75 Å². The zero-order valence-corrected chi connectivity index (χ0v) is 27.7. The van der Waals surface area contributed by atoms with E-state index in [1.54, 1.807) is 6.20 Å². The molecule has 11 nitrogen and oxygen atoms in total. The molecule has 2 aliphatic heterocycles. The highest BCUT2D eigenvalue weighted by Gasteiger charge is 2.33. The number of ether oxygens (including phenoxy) is 1. The number of quaternary nitrogens is 1. The second-order valence-corrected chi connectivity index (χ2v) is 12.7. The van der Waals surface area contributed by atoms with Gasteiger partial charge in [0.15, 0.2) is 11.6 Å². The maximum Gasteiger partial charge on any atom is 0.277 e. The minimum Gasteiger partial charge on any atom is -1.00 e. The van der Waals surface area contributed by atoms with Crippen molar-refractivity contribution in [3.8, 4) is 28.7 Å². The Morgan fingerprint density at radius 2 is 1.77 bits per heavy atom. The largest absolute Gasteiger partial charge is 1.00 e. The van der Waals surface area contributed by atoms with Crippen molar-refractivity contribution >= 4 is 28.4 Å². The molecule has 1 atom stereocenters. The van der Waals surface area contributed by atoms with E-state index in [9.17, 15) is 4.79 Å². The van der Waals surface area contributed by atoms with Crippen LogP contribution in [0.25, 0.3) is 33.8 Å². The van der Waals surface area contributed by atoms with E-state index in [4.69, 9.17) is 13.6 Å². The Hall–Kier alpha value is -3.50. The monoisotopic (exact) mass is 731 g/mol. The molecule has 5 heterocycles. The molecule has 7 rings (SSSR count). The highest BCUT2D eigenvalue weighted by molar-refractivity contribution is 7.98. The van der Waals surface area contributed by atoms with Gasteiger partial charge in [-0.1, -0.05) is 29.5 Å². The van der Waals surface area contributed by atoms with Crippen LogP contribution in [0, 0.1) is 12.7 Å². The summed E-state index contributed by atoms with van der Waals surface area (Å²) in [7, 11) is 4.34. The zero-order chi connectivity index (χ0) is 29.9. The summed E-state index contributed by atoms with van der Waals surface area (Å²) in [6.45, 7) is 7.51. The molecule has 0 unspecified atom stereocenters. The van der Waals surface area contributed by atoms with E-state index in [2.05, 4.69) is 34.5 Å². The predicted octanol–water partition coefficient (Wildman–Crippen LogP) is 1.70. The molecule has 0 amide bonds. The highest BCUT2D eigenvalue weighted by atomic mass is 127. The molecule has 14 heteroatoms. The summed E-state index contributed by atoms with van der Waals surface area (Å²) < 4.78 is 36.4. The summed E-state index contributed by atoms with van der Waals surface area (Å²) in [6.07, 6.45) is 1.72. The Labute approximate surface area is 274 Å². The standard InChI is InChI=1S/C30H31FN7O4S.HI/c1-17-5-7-19(8-6-17)28-33-32-23(41-28)16-43-30-35-34-29(42-30)21-14-37-18(2)15-40-27-24(37)20(26(21)39)13-22(31)25(27)36-9-11-38(3,4)12-10-36;/h5-8,13-14,18H,9-12,15-16H2,1-4H3;1H/q+1;/p-1/t18-;/m0./s1. The molecule has 0 aliphatic carbocycles. The van der Waals surface area contributed by atoms with Crippen molar-refractivity contribution in [2.24, 2.45) is 0 Å². The van der Waals surface area contributed by atoms with Crippen molar-refractivity contribution in [2.75, 3.05) is 51.8 Å². The molecule has 1 fully saturated rings. The van der Waals surface area contributed by atoms with Gasteiger partial charge in [-0.3, -0.25) is 4.79 Å². The van der Waals surface area contributed by atoms with Gasteiger partial charge in [0.2, 0.25) is 17.2 Å². The van der Waals surface area contributed by atoms with Crippen LogP contribution in [0.2, 0.25) is 0 Å². The molecule has 2 aromatic carbocycles. The van der Waals surface area contributed by atoms with Crippen LogP contribution in [0.5, 0.6) is 5.75 Å². The summed E-state index contributed by atoms with van der Waals surface area (Å²) in [5, 5.41) is 17.0. The number of halogens is 2. The van der Waals surface area contributed by atoms with Crippen molar-refractivity contribution in [1.82, 2.24) is 25.0 Å². The van der Waals surface area contributed by atoms with Gasteiger partial charge in [-0.2, -0.15) is 0 Å². The van der Waals surface area contributed by atoms with Gasteiger partial charge >= 0.3 is 0 Å². The fraction of sp³-hybridized carbons (Fsp3) is 0.367. The molecule has 3 aromatic heterocycles. The van der Waals surface area contributed by atoms with Crippen molar-refractivity contribution in [3.63, 3.8) is 0 Å². The molecule has 0 spiro atoms. The summed E-state index contributed by atoms with van der Waals surface area (Å²) in [5.74, 6) is 1.13.